The van der Waals surface area contributed by atoms with Gasteiger partial charge in [-0.25, -0.2) is 4.79 Å². The Morgan fingerprint density at radius 2 is 1.73 bits per heavy atom. The van der Waals surface area contributed by atoms with E-state index >= 15 is 0 Å². The number of likely N-dealkylation sites (N-methyl/N-ethyl adjacent to an activating group) is 1. The van der Waals surface area contributed by atoms with Gasteiger partial charge in [0.15, 0.2) is 0 Å². The van der Waals surface area contributed by atoms with Crippen molar-refractivity contribution < 1.29 is 27.7 Å². The fraction of sp³-hybridized carbons (Fsp3) is 0.367. The van der Waals surface area contributed by atoms with Crippen LogP contribution >= 0.6 is 0 Å². The van der Waals surface area contributed by atoms with Crippen molar-refractivity contribution in [3.8, 4) is 0 Å². The molecule has 7 heteroatoms. The second-order valence-electron chi connectivity index (χ2n) is 9.92. The molecule has 1 saturated heterocycles. The summed E-state index contributed by atoms with van der Waals surface area (Å²) >= 11 is 0. The Bertz CT molecular complexity index is 1600. The molecule has 0 unspecified atom stereocenters. The van der Waals surface area contributed by atoms with Crippen molar-refractivity contribution in [2.24, 2.45) is 0 Å². The number of carbonyl (C=O) groups is 2. The van der Waals surface area contributed by atoms with Crippen molar-refractivity contribution >= 4 is 28.5 Å². The summed E-state index contributed by atoms with van der Waals surface area (Å²) in [5, 5.41) is 9.13. The Morgan fingerprint density at radius 3 is 2.38 bits per heavy atom. The van der Waals surface area contributed by atoms with E-state index in [0.29, 0.717) is 42.6 Å². The minimum Gasteiger partial charge on any atom is -0.444 e. The highest BCUT2D eigenvalue weighted by Crippen LogP contribution is 2.36. The van der Waals surface area contributed by atoms with Crippen LogP contribution in [0.5, 0.6) is 0 Å². The lowest BCUT2D eigenvalue weighted by atomic mass is 9.87. The molecule has 194 valence electrons. The van der Waals surface area contributed by atoms with E-state index < -0.39 is 42.0 Å². The summed E-state index contributed by atoms with van der Waals surface area (Å²) in [6.45, 7) is 6.01. The maximum Gasteiger partial charge on any atom is 0.410 e. The number of fused-ring (bicyclic) bond motifs is 1. The molecule has 1 N–H and O–H groups in total. The van der Waals surface area contributed by atoms with E-state index in [1.165, 1.54) is 4.90 Å². The van der Waals surface area contributed by atoms with Crippen LogP contribution in [-0.2, 0) is 4.74 Å². The van der Waals surface area contributed by atoms with Crippen LogP contribution in [0.25, 0.3) is 16.5 Å². The summed E-state index contributed by atoms with van der Waals surface area (Å²) in [6, 6.07) is 4.61. The molecule has 2 heterocycles. The number of aliphatic hydroxyl groups is 1. The van der Waals surface area contributed by atoms with Crippen LogP contribution in [0.3, 0.4) is 0 Å². The van der Waals surface area contributed by atoms with Gasteiger partial charge in [0.1, 0.15) is 5.60 Å². The predicted molar refractivity (Wildman–Crippen MR) is 145 cm³/mol. The highest BCUT2D eigenvalue weighted by Gasteiger charge is 2.27. The Morgan fingerprint density at radius 1 is 1.08 bits per heavy atom. The number of benzene rings is 2. The molecule has 1 aliphatic rings. The first-order valence-corrected chi connectivity index (χ1v) is 12.2. The molecular weight excluding hydrogens is 466 g/mol. The zero-order valence-electron chi connectivity index (χ0n) is 27.6. The van der Waals surface area contributed by atoms with Gasteiger partial charge < -0.3 is 19.6 Å². The molecule has 3 aromatic rings. The van der Waals surface area contributed by atoms with Gasteiger partial charge in [-0.15, -0.1) is 0 Å². The number of piperidine rings is 1. The standard InChI is InChI=1S/C30H35N3O4/c1-30(2,3)37-29(36)33-17-14-22(15-18-33)26(25-9-5-7-23-8-6-16-31-27(23)25)21-10-12-24(13-11-21)28(35)32(4)19-20-34/h5-13,16,34H,14-15,17-20H2,1-4H3/i5D,6D,7D,8D,9D,16D. The van der Waals surface area contributed by atoms with Crippen LogP contribution in [-0.4, -0.2) is 70.8 Å². The molecule has 0 spiro atoms. The van der Waals surface area contributed by atoms with E-state index in [1.807, 2.05) is 0 Å². The monoisotopic (exact) mass is 507 g/mol. The summed E-state index contributed by atoms with van der Waals surface area (Å²) in [4.78, 5) is 32.8. The number of para-hydroxylation sites is 1. The Kier molecular flexibility index (Phi) is 5.84. The molecule has 1 aromatic heterocycles. The molecule has 2 amide bonds. The second kappa shape index (κ2) is 11.1. The maximum absolute atomic E-state index is 12.8. The maximum atomic E-state index is 12.8. The van der Waals surface area contributed by atoms with Crippen molar-refractivity contribution in [3.05, 3.63) is 82.9 Å². The van der Waals surface area contributed by atoms with E-state index in [2.05, 4.69) is 4.98 Å². The average molecular weight is 508 g/mol. The van der Waals surface area contributed by atoms with Gasteiger partial charge in [0.2, 0.25) is 0 Å². The molecule has 0 bridgehead atoms. The number of rotatable bonds is 5. The lowest BCUT2D eigenvalue weighted by Crippen LogP contribution is -2.40. The largest absolute Gasteiger partial charge is 0.444 e. The first-order chi connectivity index (χ1) is 20.2. The van der Waals surface area contributed by atoms with Crippen molar-refractivity contribution in [2.75, 3.05) is 33.3 Å². The van der Waals surface area contributed by atoms with E-state index in [4.69, 9.17) is 13.0 Å². The number of aromatic nitrogens is 1. The van der Waals surface area contributed by atoms with Crippen molar-refractivity contribution in [1.29, 1.82) is 0 Å². The highest BCUT2D eigenvalue weighted by atomic mass is 16.6. The topological polar surface area (TPSA) is 83.0 Å². The van der Waals surface area contributed by atoms with E-state index in [1.54, 1.807) is 57.0 Å². The molecule has 1 fully saturated rings. The molecule has 0 aliphatic carbocycles. The van der Waals surface area contributed by atoms with Crippen LogP contribution in [0, 0.1) is 0 Å². The third-order valence-corrected chi connectivity index (χ3v) is 6.08. The normalized spacial score (nSPS) is 16.2. The molecular formula is C30H35N3O4. The van der Waals surface area contributed by atoms with Gasteiger partial charge in [-0.3, -0.25) is 9.78 Å². The zero-order valence-corrected chi connectivity index (χ0v) is 21.6. The molecule has 4 rings (SSSR count). The van der Waals surface area contributed by atoms with Crippen LogP contribution in [0.2, 0.25) is 0 Å². The summed E-state index contributed by atoms with van der Waals surface area (Å²) < 4.78 is 56.2. The third-order valence-electron chi connectivity index (χ3n) is 6.08. The summed E-state index contributed by atoms with van der Waals surface area (Å²) in [7, 11) is 1.58. The lowest BCUT2D eigenvalue weighted by molar-refractivity contribution is 0.0236. The summed E-state index contributed by atoms with van der Waals surface area (Å²) in [5.74, 6) is -0.290. The quantitative estimate of drug-likeness (QED) is 0.518. The second-order valence-corrected chi connectivity index (χ2v) is 9.92. The van der Waals surface area contributed by atoms with E-state index in [0.717, 1.165) is 5.57 Å². The number of likely N-dealkylation sites (tertiary alicyclic amines) is 1. The van der Waals surface area contributed by atoms with Crippen molar-refractivity contribution in [2.45, 2.75) is 39.2 Å². The number of carbonyl (C=O) groups excluding carboxylic acids is 2. The predicted octanol–water partition coefficient (Wildman–Crippen LogP) is 5.13. The van der Waals surface area contributed by atoms with Gasteiger partial charge in [-0.05, 0) is 62.9 Å². The van der Waals surface area contributed by atoms with E-state index in [-0.39, 0.29) is 41.6 Å². The smallest absolute Gasteiger partial charge is 0.410 e. The first-order valence-electron chi connectivity index (χ1n) is 15.2. The number of hydrogen-bond acceptors (Lipinski definition) is 5. The van der Waals surface area contributed by atoms with Crippen LogP contribution in [0.1, 0.15) is 63.3 Å². The van der Waals surface area contributed by atoms with Gasteiger partial charge >= 0.3 is 6.09 Å². The number of hydrogen-bond donors (Lipinski definition) is 1. The number of pyridine rings is 1. The van der Waals surface area contributed by atoms with Gasteiger partial charge in [0.25, 0.3) is 5.91 Å². The lowest BCUT2D eigenvalue weighted by Gasteiger charge is -2.32. The van der Waals surface area contributed by atoms with Gasteiger partial charge in [0, 0.05) is 49.4 Å². The third kappa shape index (κ3) is 6.17. The molecule has 0 radical (unpaired) electrons. The Labute approximate surface area is 226 Å². The molecule has 7 nitrogen and oxygen atoms in total. The fourth-order valence-electron chi connectivity index (χ4n) is 4.27. The number of aliphatic hydroxyl groups excluding tert-OH is 1. The minimum absolute atomic E-state index is 0.0110. The van der Waals surface area contributed by atoms with Crippen molar-refractivity contribution in [1.82, 2.24) is 14.8 Å². The van der Waals surface area contributed by atoms with Crippen molar-refractivity contribution in [3.63, 3.8) is 0 Å². The van der Waals surface area contributed by atoms with Gasteiger partial charge in [-0.1, -0.05) is 41.9 Å². The van der Waals surface area contributed by atoms with Crippen LogP contribution in [0.15, 0.2) is 66.2 Å². The SMILES string of the molecule is [2H]c1nc2c(C(=C3CCN(C(=O)OC(C)(C)C)CC3)c3ccc(C(=O)N(C)CCO)cc3)c([2H])c([2H])c([2H])c2c([2H])c1[2H]. The Hall–Kier alpha value is -3.71. The fourth-order valence-corrected chi connectivity index (χ4v) is 4.27. The molecule has 2 aromatic carbocycles. The number of nitrogens with zero attached hydrogens (tertiary/aromatic N) is 3. The van der Waals surface area contributed by atoms with Gasteiger partial charge in [0.05, 0.1) is 20.3 Å². The van der Waals surface area contributed by atoms with Crippen LogP contribution < -0.4 is 0 Å². The zero-order chi connectivity index (χ0) is 31.8. The van der Waals surface area contributed by atoms with Crippen LogP contribution in [0.4, 0.5) is 4.79 Å². The highest BCUT2D eigenvalue weighted by molar-refractivity contribution is 5.98. The summed E-state index contributed by atoms with van der Waals surface area (Å²) in [6.07, 6.45) is -0.136. The molecule has 0 atom stereocenters. The number of ether oxygens (including phenoxy) is 1. The number of amides is 2. The average Bonchev–Trinajstić information content (AvgIpc) is 2.96. The first kappa shape index (κ1) is 19.4. The Balaban J connectivity index is 1.92. The summed E-state index contributed by atoms with van der Waals surface area (Å²) in [5.41, 5.74) is 1.82. The van der Waals surface area contributed by atoms with Gasteiger partial charge in [-0.2, -0.15) is 0 Å². The minimum atomic E-state index is -0.658. The molecule has 1 aliphatic heterocycles. The molecule has 37 heavy (non-hydrogen) atoms. The van der Waals surface area contributed by atoms with E-state index in [9.17, 15) is 14.7 Å². The molecule has 0 saturated carbocycles.